The van der Waals surface area contributed by atoms with Crippen LogP contribution in [0, 0.1) is 11.8 Å². The van der Waals surface area contributed by atoms with Crippen LogP contribution in [0.3, 0.4) is 0 Å². The van der Waals surface area contributed by atoms with Gasteiger partial charge in [0.05, 0.1) is 5.92 Å². The second-order valence-electron chi connectivity index (χ2n) is 7.97. The summed E-state index contributed by atoms with van der Waals surface area (Å²) >= 11 is 2.01. The van der Waals surface area contributed by atoms with Crippen LogP contribution < -0.4 is 5.32 Å². The van der Waals surface area contributed by atoms with Crippen molar-refractivity contribution in [1.29, 1.82) is 0 Å². The lowest BCUT2D eigenvalue weighted by Crippen LogP contribution is -2.58. The summed E-state index contributed by atoms with van der Waals surface area (Å²) in [6.45, 7) is 5.94. The van der Waals surface area contributed by atoms with Gasteiger partial charge in [-0.25, -0.2) is 4.79 Å². The standard InChI is InChI=1S/C18H31N3O3S/c1-14-10-15(16(22)23)12-20(11-14)17(24)19-13-18(4-2-3-5-18)21-6-8-25-9-7-21/h14-15H,2-13H2,1H3,(H,19,24)(H,22,23). The van der Waals surface area contributed by atoms with E-state index in [2.05, 4.69) is 10.2 Å². The highest BCUT2D eigenvalue weighted by Crippen LogP contribution is 2.36. The smallest absolute Gasteiger partial charge is 0.317 e. The van der Waals surface area contributed by atoms with Gasteiger partial charge in [0.25, 0.3) is 0 Å². The molecule has 2 heterocycles. The number of aliphatic carboxylic acids is 1. The van der Waals surface area contributed by atoms with Gasteiger partial charge in [0.15, 0.2) is 0 Å². The number of carboxylic acid groups (broad SMARTS) is 1. The summed E-state index contributed by atoms with van der Waals surface area (Å²) < 4.78 is 0. The Morgan fingerprint density at radius 3 is 2.52 bits per heavy atom. The average Bonchev–Trinajstić information content (AvgIpc) is 3.10. The van der Waals surface area contributed by atoms with Gasteiger partial charge in [0, 0.05) is 49.8 Å². The molecule has 3 aliphatic rings. The zero-order chi connectivity index (χ0) is 17.9. The zero-order valence-corrected chi connectivity index (χ0v) is 16.0. The summed E-state index contributed by atoms with van der Waals surface area (Å²) in [6, 6.07) is -0.0875. The molecule has 1 saturated carbocycles. The largest absolute Gasteiger partial charge is 0.481 e. The van der Waals surface area contributed by atoms with Crippen molar-refractivity contribution in [1.82, 2.24) is 15.1 Å². The highest BCUT2D eigenvalue weighted by atomic mass is 32.2. The summed E-state index contributed by atoms with van der Waals surface area (Å²) in [5.41, 5.74) is 0.115. The molecule has 6 nitrogen and oxygen atoms in total. The fourth-order valence-electron chi connectivity index (χ4n) is 4.72. The fourth-order valence-corrected chi connectivity index (χ4v) is 5.63. The molecule has 2 aliphatic heterocycles. The van der Waals surface area contributed by atoms with Gasteiger partial charge in [0.1, 0.15) is 0 Å². The van der Waals surface area contributed by atoms with Gasteiger partial charge >= 0.3 is 12.0 Å². The van der Waals surface area contributed by atoms with Crippen LogP contribution in [0.5, 0.6) is 0 Å². The van der Waals surface area contributed by atoms with Crippen LogP contribution in [0.15, 0.2) is 0 Å². The molecule has 0 spiro atoms. The monoisotopic (exact) mass is 369 g/mol. The van der Waals surface area contributed by atoms with Crippen LogP contribution in [0.1, 0.15) is 39.0 Å². The van der Waals surface area contributed by atoms with Crippen molar-refractivity contribution in [3.05, 3.63) is 0 Å². The van der Waals surface area contributed by atoms with Crippen molar-refractivity contribution >= 4 is 23.8 Å². The van der Waals surface area contributed by atoms with Crippen molar-refractivity contribution in [3.8, 4) is 0 Å². The molecule has 2 unspecified atom stereocenters. The minimum Gasteiger partial charge on any atom is -0.481 e. The lowest BCUT2D eigenvalue weighted by atomic mass is 9.90. The highest BCUT2D eigenvalue weighted by molar-refractivity contribution is 7.99. The molecule has 0 aromatic rings. The number of hydrogen-bond acceptors (Lipinski definition) is 4. The molecule has 3 rings (SSSR count). The number of hydrogen-bond donors (Lipinski definition) is 2. The summed E-state index contributed by atoms with van der Waals surface area (Å²) in [4.78, 5) is 28.3. The van der Waals surface area contributed by atoms with E-state index < -0.39 is 11.9 Å². The van der Waals surface area contributed by atoms with E-state index in [0.717, 1.165) is 25.9 Å². The molecular formula is C18H31N3O3S. The maximum atomic E-state index is 12.7. The summed E-state index contributed by atoms with van der Waals surface area (Å²) in [6.07, 6.45) is 5.45. The molecule has 2 atom stereocenters. The molecule has 0 aromatic carbocycles. The Bertz CT molecular complexity index is 490. The minimum atomic E-state index is -0.789. The molecule has 0 radical (unpaired) electrons. The van der Waals surface area contributed by atoms with Crippen LogP contribution in [0.25, 0.3) is 0 Å². The summed E-state index contributed by atoms with van der Waals surface area (Å²) in [5.74, 6) is 1.37. The van der Waals surface area contributed by atoms with Gasteiger partial charge in [-0.3, -0.25) is 9.69 Å². The van der Waals surface area contributed by atoms with Crippen LogP contribution in [0.2, 0.25) is 0 Å². The number of nitrogens with zero attached hydrogens (tertiary/aromatic N) is 2. The van der Waals surface area contributed by atoms with Crippen molar-refractivity contribution in [3.63, 3.8) is 0 Å². The van der Waals surface area contributed by atoms with E-state index in [9.17, 15) is 14.7 Å². The van der Waals surface area contributed by atoms with E-state index in [-0.39, 0.29) is 17.5 Å². The summed E-state index contributed by atoms with van der Waals surface area (Å²) in [7, 11) is 0. The molecule has 2 saturated heterocycles. The first-order chi connectivity index (χ1) is 12.0. The number of thioether (sulfide) groups is 1. The summed E-state index contributed by atoms with van der Waals surface area (Å²) in [5, 5.41) is 12.5. The average molecular weight is 370 g/mol. The Hall–Kier alpha value is -0.950. The first-order valence-corrected chi connectivity index (χ1v) is 10.7. The first-order valence-electron chi connectivity index (χ1n) is 9.58. The van der Waals surface area contributed by atoms with Gasteiger partial charge in [-0.15, -0.1) is 0 Å². The highest BCUT2D eigenvalue weighted by Gasteiger charge is 2.41. The van der Waals surface area contributed by atoms with Crippen LogP contribution >= 0.6 is 11.8 Å². The second kappa shape index (κ2) is 8.16. The molecule has 2 amide bonds. The topological polar surface area (TPSA) is 72.9 Å². The number of urea groups is 1. The van der Waals surface area contributed by atoms with Crippen LogP contribution in [-0.4, -0.2) is 76.7 Å². The Morgan fingerprint density at radius 2 is 1.88 bits per heavy atom. The van der Waals surface area contributed by atoms with E-state index in [1.807, 2.05) is 18.7 Å². The van der Waals surface area contributed by atoms with E-state index >= 15 is 0 Å². The van der Waals surface area contributed by atoms with Gasteiger partial charge in [-0.05, 0) is 25.2 Å². The van der Waals surface area contributed by atoms with Crippen molar-refractivity contribution < 1.29 is 14.7 Å². The van der Waals surface area contributed by atoms with Gasteiger partial charge in [0.2, 0.25) is 0 Å². The maximum absolute atomic E-state index is 12.7. The van der Waals surface area contributed by atoms with E-state index in [1.165, 1.54) is 24.3 Å². The number of carbonyl (C=O) groups excluding carboxylic acids is 1. The minimum absolute atomic E-state index is 0.0875. The normalized spacial score (nSPS) is 30.2. The van der Waals surface area contributed by atoms with E-state index in [0.29, 0.717) is 26.1 Å². The third-order valence-corrected chi connectivity index (χ3v) is 7.02. The van der Waals surface area contributed by atoms with Gasteiger partial charge in [-0.2, -0.15) is 11.8 Å². The number of rotatable bonds is 4. The van der Waals surface area contributed by atoms with Crippen LogP contribution in [0.4, 0.5) is 4.79 Å². The third kappa shape index (κ3) is 4.42. The number of piperidine rings is 1. The number of amides is 2. The fraction of sp³-hybridized carbons (Fsp3) is 0.889. The Labute approximate surface area is 154 Å². The first kappa shape index (κ1) is 18.8. The van der Waals surface area contributed by atoms with E-state index in [1.54, 1.807) is 4.90 Å². The number of carbonyl (C=O) groups is 2. The van der Waals surface area contributed by atoms with Gasteiger partial charge in [-0.1, -0.05) is 19.8 Å². The second-order valence-corrected chi connectivity index (χ2v) is 9.20. The molecule has 1 aliphatic carbocycles. The predicted octanol–water partition coefficient (Wildman–Crippen LogP) is 2.10. The third-order valence-electron chi connectivity index (χ3n) is 6.08. The Kier molecular flexibility index (Phi) is 6.15. The molecule has 7 heteroatoms. The lowest BCUT2D eigenvalue weighted by Gasteiger charge is -2.44. The SMILES string of the molecule is CC1CC(C(=O)O)CN(C(=O)NCC2(N3CCSCC3)CCCC2)C1. The zero-order valence-electron chi connectivity index (χ0n) is 15.2. The molecule has 2 N–H and O–H groups in total. The lowest BCUT2D eigenvalue weighted by molar-refractivity contribution is -0.143. The molecule has 0 bridgehead atoms. The molecule has 25 heavy (non-hydrogen) atoms. The van der Waals surface area contributed by atoms with Gasteiger partial charge < -0.3 is 15.3 Å². The Morgan fingerprint density at radius 1 is 1.20 bits per heavy atom. The number of nitrogens with one attached hydrogen (secondary N) is 1. The predicted molar refractivity (Wildman–Crippen MR) is 100.0 cm³/mol. The molecule has 3 fully saturated rings. The maximum Gasteiger partial charge on any atom is 0.317 e. The number of carboxylic acids is 1. The van der Waals surface area contributed by atoms with E-state index in [4.69, 9.17) is 0 Å². The quantitative estimate of drug-likeness (QED) is 0.794. The van der Waals surface area contributed by atoms with Crippen molar-refractivity contribution in [2.45, 2.75) is 44.6 Å². The molecule has 0 aromatic heterocycles. The van der Waals surface area contributed by atoms with Crippen molar-refractivity contribution in [2.24, 2.45) is 11.8 Å². The van der Waals surface area contributed by atoms with Crippen molar-refractivity contribution in [2.75, 3.05) is 44.2 Å². The Balaban J connectivity index is 1.58. The number of likely N-dealkylation sites (tertiary alicyclic amines) is 1. The molecular weight excluding hydrogens is 338 g/mol. The van der Waals surface area contributed by atoms with Crippen LogP contribution in [-0.2, 0) is 4.79 Å². The molecule has 142 valence electrons.